The van der Waals surface area contributed by atoms with E-state index in [1.807, 2.05) is 30.1 Å². The Kier molecular flexibility index (Phi) is 4.53. The zero-order valence-corrected chi connectivity index (χ0v) is 16.4. The van der Waals surface area contributed by atoms with Gasteiger partial charge in [-0.2, -0.15) is 0 Å². The Morgan fingerprint density at radius 2 is 2.07 bits per heavy atom. The Labute approximate surface area is 164 Å². The van der Waals surface area contributed by atoms with E-state index in [4.69, 9.17) is 5.11 Å². The zero-order valence-electron chi connectivity index (χ0n) is 14.8. The second-order valence-electron chi connectivity index (χ2n) is 6.96. The van der Waals surface area contributed by atoms with Crippen LogP contribution in [0.4, 0.5) is 16.2 Å². The van der Waals surface area contributed by atoms with Gasteiger partial charge in [0.2, 0.25) is 5.82 Å². The highest BCUT2D eigenvalue weighted by Crippen LogP contribution is 2.47. The molecule has 1 fully saturated rings. The number of halogens is 1. The van der Waals surface area contributed by atoms with Crippen molar-refractivity contribution in [1.29, 1.82) is 0 Å². The maximum atomic E-state index is 11.8. The first kappa shape index (κ1) is 17.8. The van der Waals surface area contributed by atoms with Crippen molar-refractivity contribution in [2.75, 3.05) is 16.8 Å². The molecule has 0 atom stereocenters. The maximum absolute atomic E-state index is 11.8. The van der Waals surface area contributed by atoms with E-state index >= 15 is 0 Å². The lowest BCUT2D eigenvalue weighted by atomic mass is 9.90. The van der Waals surface area contributed by atoms with Crippen LogP contribution in [-0.2, 0) is 4.79 Å². The molecular formula is C19H19BrN4O3. The normalized spacial score (nSPS) is 21.9. The summed E-state index contributed by atoms with van der Waals surface area (Å²) in [5, 5.41) is 12.5. The van der Waals surface area contributed by atoms with Gasteiger partial charge in [-0.3, -0.25) is 4.98 Å². The monoisotopic (exact) mass is 430 g/mol. The highest BCUT2D eigenvalue weighted by molar-refractivity contribution is 9.10. The molecule has 1 saturated carbocycles. The summed E-state index contributed by atoms with van der Waals surface area (Å²) < 4.78 is 0.950. The summed E-state index contributed by atoms with van der Waals surface area (Å²) in [6, 6.07) is 6.00. The van der Waals surface area contributed by atoms with Crippen molar-refractivity contribution in [1.82, 2.24) is 10.3 Å². The van der Waals surface area contributed by atoms with Crippen LogP contribution in [0.3, 0.4) is 0 Å². The second-order valence-corrected chi connectivity index (χ2v) is 7.88. The molecular weight excluding hydrogens is 412 g/mol. The lowest BCUT2D eigenvalue weighted by Crippen LogP contribution is -2.43. The van der Waals surface area contributed by atoms with Crippen molar-refractivity contribution in [3.8, 4) is 0 Å². The summed E-state index contributed by atoms with van der Waals surface area (Å²) >= 11 is 3.53. The average Bonchev–Trinajstić information content (AvgIpc) is 2.94. The molecule has 8 heteroatoms. The molecule has 0 bridgehead atoms. The van der Waals surface area contributed by atoms with Gasteiger partial charge in [0.1, 0.15) is 0 Å². The molecule has 0 saturated heterocycles. The topological polar surface area (TPSA) is 85.8 Å². The number of nitrogens with one attached hydrogen (secondary N) is 1. The Balaban J connectivity index is 1.75. The summed E-state index contributed by atoms with van der Waals surface area (Å²) in [6.07, 6.45) is 3.87. The summed E-state index contributed by atoms with van der Waals surface area (Å²) in [6.45, 7) is 0. The van der Waals surface area contributed by atoms with Crippen molar-refractivity contribution in [2.24, 2.45) is 0 Å². The van der Waals surface area contributed by atoms with Gasteiger partial charge >= 0.3 is 6.09 Å². The number of aromatic nitrogens is 1. The minimum Gasteiger partial charge on any atom is -0.465 e. The van der Waals surface area contributed by atoms with Crippen molar-refractivity contribution in [3.63, 3.8) is 0 Å². The van der Waals surface area contributed by atoms with Crippen LogP contribution in [0.1, 0.15) is 25.7 Å². The van der Waals surface area contributed by atoms with Crippen molar-refractivity contribution >= 4 is 50.2 Å². The van der Waals surface area contributed by atoms with E-state index < -0.39 is 6.09 Å². The summed E-state index contributed by atoms with van der Waals surface area (Å²) in [5.74, 6) is 2.58. The quantitative estimate of drug-likeness (QED) is 0.708. The molecule has 140 valence electrons. The van der Waals surface area contributed by atoms with E-state index in [0.717, 1.165) is 52.4 Å². The van der Waals surface area contributed by atoms with Crippen LogP contribution in [0, 0.1) is 0 Å². The van der Waals surface area contributed by atoms with E-state index in [-0.39, 0.29) is 12.1 Å². The number of amides is 1. The molecule has 0 unspecified atom stereocenters. The molecule has 2 N–H and O–H groups in total. The molecule has 0 radical (unpaired) electrons. The van der Waals surface area contributed by atoms with Gasteiger partial charge in [-0.1, -0.05) is 15.9 Å². The van der Waals surface area contributed by atoms with Gasteiger partial charge in [0.25, 0.3) is 0 Å². The second kappa shape index (κ2) is 6.87. The number of nitrogens with zero attached hydrogens (tertiary/aromatic N) is 3. The predicted molar refractivity (Wildman–Crippen MR) is 107 cm³/mol. The first-order chi connectivity index (χ1) is 13.0. The van der Waals surface area contributed by atoms with E-state index in [2.05, 4.69) is 37.1 Å². The Morgan fingerprint density at radius 3 is 2.74 bits per heavy atom. The number of anilines is 2. The maximum Gasteiger partial charge on any atom is 0.404 e. The van der Waals surface area contributed by atoms with Crippen LogP contribution in [0.25, 0.3) is 10.9 Å². The SMILES string of the molecule is CN1C(=C=O)N([C@H]2CC[C@H](NC(=O)O)CC2)c2c1cnc1ccc(Br)cc21. The minimum absolute atomic E-state index is 0.0365. The molecule has 1 aromatic carbocycles. The van der Waals surface area contributed by atoms with Gasteiger partial charge in [-0.05, 0) is 43.9 Å². The number of pyridine rings is 1. The zero-order chi connectivity index (χ0) is 19.1. The van der Waals surface area contributed by atoms with Gasteiger partial charge in [0.05, 0.1) is 23.1 Å². The minimum atomic E-state index is -0.986. The molecule has 7 nitrogen and oxygen atoms in total. The number of hydrogen-bond acceptors (Lipinski definition) is 5. The fourth-order valence-corrected chi connectivity index (χ4v) is 4.51. The van der Waals surface area contributed by atoms with Crippen LogP contribution < -0.4 is 15.1 Å². The molecule has 0 spiro atoms. The lowest BCUT2D eigenvalue weighted by molar-refractivity contribution is 0.185. The van der Waals surface area contributed by atoms with Crippen LogP contribution >= 0.6 is 15.9 Å². The summed E-state index contributed by atoms with van der Waals surface area (Å²) in [4.78, 5) is 31.1. The lowest BCUT2D eigenvalue weighted by Gasteiger charge is -2.36. The third-order valence-corrected chi connectivity index (χ3v) is 5.90. The van der Waals surface area contributed by atoms with Crippen molar-refractivity contribution < 1.29 is 14.7 Å². The fourth-order valence-electron chi connectivity index (χ4n) is 4.15. The standard InChI is InChI=1S/C19H19BrN4O3/c1-23-16-9-21-15-7-2-11(20)8-14(15)18(16)24(17(23)10-25)13-5-3-12(4-6-13)22-19(26)27/h2,7-9,12-13,22H,3-6H2,1H3,(H,26,27)/t12-,13-. The third kappa shape index (κ3) is 3.05. The van der Waals surface area contributed by atoms with Gasteiger partial charge in [0.15, 0.2) is 5.94 Å². The molecule has 2 heterocycles. The molecule has 1 aromatic heterocycles. The van der Waals surface area contributed by atoms with E-state index in [1.165, 1.54) is 0 Å². The van der Waals surface area contributed by atoms with Crippen LogP contribution in [-0.4, -0.2) is 41.3 Å². The van der Waals surface area contributed by atoms with E-state index in [1.54, 1.807) is 6.20 Å². The molecule has 27 heavy (non-hydrogen) atoms. The van der Waals surface area contributed by atoms with Gasteiger partial charge in [-0.15, -0.1) is 0 Å². The molecule has 1 aliphatic carbocycles. The van der Waals surface area contributed by atoms with Crippen molar-refractivity contribution in [3.05, 3.63) is 34.7 Å². The number of benzene rings is 1. The Hall–Kier alpha value is -2.57. The van der Waals surface area contributed by atoms with Crippen LogP contribution in [0.5, 0.6) is 0 Å². The number of carboxylic acid groups (broad SMARTS) is 1. The summed E-state index contributed by atoms with van der Waals surface area (Å²) in [7, 11) is 1.85. The van der Waals surface area contributed by atoms with E-state index in [9.17, 15) is 9.59 Å². The first-order valence-corrected chi connectivity index (χ1v) is 9.64. The smallest absolute Gasteiger partial charge is 0.404 e. The Bertz CT molecular complexity index is 965. The largest absolute Gasteiger partial charge is 0.465 e. The summed E-state index contributed by atoms with van der Waals surface area (Å²) in [5.41, 5.74) is 2.71. The fraction of sp³-hybridized carbons (Fsp3) is 0.368. The Morgan fingerprint density at radius 1 is 1.33 bits per heavy atom. The van der Waals surface area contributed by atoms with Gasteiger partial charge < -0.3 is 20.2 Å². The van der Waals surface area contributed by atoms with Crippen LogP contribution in [0.15, 0.2) is 34.7 Å². The van der Waals surface area contributed by atoms with Crippen molar-refractivity contribution in [2.45, 2.75) is 37.8 Å². The number of hydrogen-bond donors (Lipinski definition) is 2. The highest BCUT2D eigenvalue weighted by atomic mass is 79.9. The average molecular weight is 431 g/mol. The number of rotatable bonds is 2. The number of carbonyl (C=O) groups excluding carboxylic acids is 1. The third-order valence-electron chi connectivity index (χ3n) is 5.41. The molecule has 2 aromatic rings. The van der Waals surface area contributed by atoms with Gasteiger partial charge in [-0.25, -0.2) is 9.59 Å². The number of carbonyl (C=O) groups is 1. The first-order valence-electron chi connectivity index (χ1n) is 8.85. The van der Waals surface area contributed by atoms with Crippen LogP contribution in [0.2, 0.25) is 0 Å². The highest BCUT2D eigenvalue weighted by Gasteiger charge is 2.38. The molecule has 1 amide bonds. The van der Waals surface area contributed by atoms with E-state index in [0.29, 0.717) is 5.82 Å². The predicted octanol–water partition coefficient (Wildman–Crippen LogP) is 3.51. The number of fused-ring (bicyclic) bond motifs is 3. The van der Waals surface area contributed by atoms with Gasteiger partial charge in [0, 0.05) is 29.0 Å². The molecule has 1 aliphatic heterocycles. The molecule has 4 rings (SSSR count). The molecule has 2 aliphatic rings.